The predicted molar refractivity (Wildman–Crippen MR) is 71.7 cm³/mol. The van der Waals surface area contributed by atoms with Gasteiger partial charge in [0.25, 0.3) is 5.69 Å². The maximum atomic E-state index is 11.8. The van der Waals surface area contributed by atoms with E-state index in [0.29, 0.717) is 28.9 Å². The maximum absolute atomic E-state index is 11.8. The van der Waals surface area contributed by atoms with Gasteiger partial charge in [0.15, 0.2) is 0 Å². The lowest BCUT2D eigenvalue weighted by Crippen LogP contribution is -2.08. The van der Waals surface area contributed by atoms with Crippen LogP contribution < -0.4 is 0 Å². The van der Waals surface area contributed by atoms with Gasteiger partial charge < -0.3 is 4.74 Å². The molecule has 0 amide bonds. The molecule has 0 saturated heterocycles. The van der Waals surface area contributed by atoms with Crippen molar-refractivity contribution in [1.29, 1.82) is 0 Å². The highest BCUT2D eigenvalue weighted by molar-refractivity contribution is 5.95. The average Bonchev–Trinajstić information content (AvgIpc) is 2.87. The quantitative estimate of drug-likeness (QED) is 0.468. The number of hydrogen-bond acceptors (Lipinski definition) is 6. The van der Waals surface area contributed by atoms with Crippen LogP contribution in [0.2, 0.25) is 0 Å². The first kappa shape index (κ1) is 13.0. The number of rotatable bonds is 2. The zero-order chi connectivity index (χ0) is 15.0. The summed E-state index contributed by atoms with van der Waals surface area (Å²) in [4.78, 5) is 22.2. The van der Waals surface area contributed by atoms with Crippen molar-refractivity contribution >= 4 is 17.7 Å². The van der Waals surface area contributed by atoms with Crippen molar-refractivity contribution in [2.45, 2.75) is 6.42 Å². The number of methoxy groups -OCH3 is 1. The van der Waals surface area contributed by atoms with Gasteiger partial charge >= 0.3 is 5.97 Å². The monoisotopic (exact) mass is 286 g/mol. The van der Waals surface area contributed by atoms with Crippen LogP contribution in [0.15, 0.2) is 30.0 Å². The largest absolute Gasteiger partial charge is 0.466 e. The Morgan fingerprint density at radius 3 is 3.00 bits per heavy atom. The smallest absolute Gasteiger partial charge is 0.334 e. The van der Waals surface area contributed by atoms with E-state index in [1.807, 2.05) is 0 Å². The number of carbonyl (C=O) groups excluding carboxylic acids is 1. The number of ether oxygens (including phenoxy) is 1. The molecule has 0 N–H and O–H groups in total. The Bertz CT molecular complexity index is 778. The molecule has 0 unspecified atom stereocenters. The van der Waals surface area contributed by atoms with Crippen molar-refractivity contribution in [2.24, 2.45) is 0 Å². The Balaban J connectivity index is 2.23. The molecule has 0 radical (unpaired) electrons. The third-order valence-corrected chi connectivity index (χ3v) is 3.22. The molecule has 21 heavy (non-hydrogen) atoms. The molecule has 2 aromatic rings. The van der Waals surface area contributed by atoms with Crippen LogP contribution in [0.4, 0.5) is 5.69 Å². The second kappa shape index (κ2) is 4.82. The fraction of sp³-hybridized carbons (Fsp3) is 0.154. The van der Waals surface area contributed by atoms with Crippen molar-refractivity contribution in [3.8, 4) is 5.69 Å². The molecule has 3 rings (SSSR count). The SMILES string of the molecule is COC(=O)C1=Cc2cc([N+](=O)[O-])ccc2-n2nncc2C1. The van der Waals surface area contributed by atoms with Gasteiger partial charge in [-0.15, -0.1) is 5.10 Å². The summed E-state index contributed by atoms with van der Waals surface area (Å²) in [7, 11) is 1.29. The fourth-order valence-electron chi connectivity index (χ4n) is 2.24. The minimum atomic E-state index is -0.487. The van der Waals surface area contributed by atoms with Crippen LogP contribution in [-0.4, -0.2) is 33.0 Å². The zero-order valence-corrected chi connectivity index (χ0v) is 11.0. The molecular weight excluding hydrogens is 276 g/mol. The number of aromatic nitrogens is 3. The number of nitro benzene ring substituents is 1. The Kier molecular flexibility index (Phi) is 2.98. The molecule has 1 aromatic carbocycles. The topological polar surface area (TPSA) is 100 Å². The van der Waals surface area contributed by atoms with E-state index in [1.54, 1.807) is 23.0 Å². The van der Waals surface area contributed by atoms with E-state index >= 15 is 0 Å². The fourth-order valence-corrected chi connectivity index (χ4v) is 2.24. The first-order chi connectivity index (χ1) is 10.1. The summed E-state index contributed by atoms with van der Waals surface area (Å²) in [5, 5.41) is 18.7. The lowest BCUT2D eigenvalue weighted by Gasteiger charge is -2.05. The Labute approximate surface area is 118 Å². The van der Waals surface area contributed by atoms with Crippen molar-refractivity contribution in [3.63, 3.8) is 0 Å². The first-order valence-corrected chi connectivity index (χ1v) is 6.07. The van der Waals surface area contributed by atoms with Gasteiger partial charge in [0, 0.05) is 29.7 Å². The first-order valence-electron chi connectivity index (χ1n) is 6.07. The standard InChI is InChI=1S/C13H10N4O4/c1-21-13(18)9-4-8-5-10(17(19)20)2-3-12(8)16-11(6-9)7-14-15-16/h2-5,7H,6H2,1H3. The number of fused-ring (bicyclic) bond motifs is 3. The summed E-state index contributed by atoms with van der Waals surface area (Å²) < 4.78 is 6.30. The molecule has 1 aliphatic heterocycles. The van der Waals surface area contributed by atoms with Crippen LogP contribution in [0.25, 0.3) is 11.8 Å². The minimum Gasteiger partial charge on any atom is -0.466 e. The van der Waals surface area contributed by atoms with Gasteiger partial charge in [-0.2, -0.15) is 0 Å². The van der Waals surface area contributed by atoms with Gasteiger partial charge in [0.05, 0.1) is 29.6 Å². The maximum Gasteiger partial charge on any atom is 0.334 e. The van der Waals surface area contributed by atoms with Gasteiger partial charge in [-0.1, -0.05) is 5.21 Å². The van der Waals surface area contributed by atoms with E-state index in [2.05, 4.69) is 10.3 Å². The van der Waals surface area contributed by atoms with Crippen molar-refractivity contribution in [3.05, 3.63) is 51.3 Å². The highest BCUT2D eigenvalue weighted by atomic mass is 16.6. The molecule has 2 heterocycles. The lowest BCUT2D eigenvalue weighted by molar-refractivity contribution is -0.384. The second-order valence-electron chi connectivity index (χ2n) is 4.48. The summed E-state index contributed by atoms with van der Waals surface area (Å²) in [6.45, 7) is 0. The molecule has 0 fully saturated rings. The summed E-state index contributed by atoms with van der Waals surface area (Å²) in [5.41, 5.74) is 2.19. The third kappa shape index (κ3) is 2.16. The van der Waals surface area contributed by atoms with E-state index in [-0.39, 0.29) is 5.69 Å². The summed E-state index contributed by atoms with van der Waals surface area (Å²) in [6, 6.07) is 4.37. The molecule has 0 saturated carbocycles. The summed E-state index contributed by atoms with van der Waals surface area (Å²) in [6.07, 6.45) is 3.43. The van der Waals surface area contributed by atoms with Crippen LogP contribution in [-0.2, 0) is 16.0 Å². The number of non-ortho nitro benzene ring substituents is 1. The van der Waals surface area contributed by atoms with E-state index < -0.39 is 10.9 Å². The molecule has 0 atom stereocenters. The number of hydrogen-bond donors (Lipinski definition) is 0. The van der Waals surface area contributed by atoms with Gasteiger partial charge in [-0.25, -0.2) is 9.48 Å². The number of benzene rings is 1. The number of nitrogens with zero attached hydrogens (tertiary/aromatic N) is 4. The highest BCUT2D eigenvalue weighted by Gasteiger charge is 2.22. The van der Waals surface area contributed by atoms with Gasteiger partial charge in [0.1, 0.15) is 0 Å². The normalized spacial score (nSPS) is 12.7. The second-order valence-corrected chi connectivity index (χ2v) is 4.48. The Hall–Kier alpha value is -3.03. The minimum absolute atomic E-state index is 0.0576. The van der Waals surface area contributed by atoms with Crippen molar-refractivity contribution in [1.82, 2.24) is 15.0 Å². The van der Waals surface area contributed by atoms with Gasteiger partial charge in [-0.3, -0.25) is 10.1 Å². The Morgan fingerprint density at radius 2 is 2.29 bits per heavy atom. The molecule has 8 heteroatoms. The summed E-state index contributed by atoms with van der Waals surface area (Å²) in [5.74, 6) is -0.484. The van der Waals surface area contributed by atoms with Crippen LogP contribution in [0.1, 0.15) is 11.3 Å². The van der Waals surface area contributed by atoms with E-state index in [0.717, 1.165) is 0 Å². The van der Waals surface area contributed by atoms with Crippen LogP contribution in [0.3, 0.4) is 0 Å². The molecule has 0 aliphatic carbocycles. The third-order valence-electron chi connectivity index (χ3n) is 3.22. The van der Waals surface area contributed by atoms with Crippen molar-refractivity contribution < 1.29 is 14.5 Å². The predicted octanol–water partition coefficient (Wildman–Crippen LogP) is 1.29. The number of nitro groups is 1. The zero-order valence-electron chi connectivity index (χ0n) is 11.0. The van der Waals surface area contributed by atoms with Crippen LogP contribution >= 0.6 is 0 Å². The van der Waals surface area contributed by atoms with Gasteiger partial charge in [0.2, 0.25) is 0 Å². The molecule has 1 aromatic heterocycles. The van der Waals surface area contributed by atoms with E-state index in [4.69, 9.17) is 4.74 Å². The molecule has 8 nitrogen and oxygen atoms in total. The van der Waals surface area contributed by atoms with Crippen molar-refractivity contribution in [2.75, 3.05) is 7.11 Å². The van der Waals surface area contributed by atoms with Gasteiger partial charge in [-0.05, 0) is 12.1 Å². The molecular formula is C13H10N4O4. The molecule has 106 valence electrons. The average molecular weight is 286 g/mol. The molecule has 0 spiro atoms. The lowest BCUT2D eigenvalue weighted by atomic mass is 10.1. The molecule has 1 aliphatic rings. The highest BCUT2D eigenvalue weighted by Crippen LogP contribution is 2.28. The Morgan fingerprint density at radius 1 is 1.48 bits per heavy atom. The summed E-state index contributed by atoms with van der Waals surface area (Å²) >= 11 is 0. The van der Waals surface area contributed by atoms with Crippen LogP contribution in [0, 0.1) is 10.1 Å². The number of esters is 1. The van der Waals surface area contributed by atoms with E-state index in [1.165, 1.54) is 19.2 Å². The molecule has 0 bridgehead atoms. The number of carbonyl (C=O) groups is 1. The van der Waals surface area contributed by atoms with E-state index in [9.17, 15) is 14.9 Å². The van der Waals surface area contributed by atoms with Crippen LogP contribution in [0.5, 0.6) is 0 Å².